The average Bonchev–Trinajstić information content (AvgIpc) is 2.97. The first-order valence-corrected chi connectivity index (χ1v) is 6.04. The fourth-order valence-corrected chi connectivity index (χ4v) is 1.96. The molecular formula is C13H10N6O2. The van der Waals surface area contributed by atoms with Crippen LogP contribution >= 0.6 is 0 Å². The van der Waals surface area contributed by atoms with Crippen LogP contribution in [-0.2, 0) is 0 Å². The predicted molar refractivity (Wildman–Crippen MR) is 75.7 cm³/mol. The molecule has 1 aromatic carbocycles. The summed E-state index contributed by atoms with van der Waals surface area (Å²) in [5.41, 5.74) is 6.75. The number of hydrogen-bond acceptors (Lipinski definition) is 6. The van der Waals surface area contributed by atoms with E-state index in [1.807, 2.05) is 30.3 Å². The lowest BCUT2D eigenvalue weighted by molar-refractivity contribution is -0.384. The Morgan fingerprint density at radius 3 is 2.62 bits per heavy atom. The second kappa shape index (κ2) is 5.00. The Balaban J connectivity index is 2.21. The number of benzene rings is 1. The summed E-state index contributed by atoms with van der Waals surface area (Å²) in [6.45, 7) is 0. The fourth-order valence-electron chi connectivity index (χ4n) is 1.96. The Morgan fingerprint density at radius 1 is 1.14 bits per heavy atom. The molecule has 3 rings (SSSR count). The maximum absolute atomic E-state index is 11.2. The maximum Gasteiger partial charge on any atom is 0.297 e. The molecule has 3 aromatic rings. The molecule has 0 aliphatic rings. The van der Waals surface area contributed by atoms with E-state index in [0.29, 0.717) is 5.69 Å². The number of hydrogen-bond donors (Lipinski definition) is 1. The monoisotopic (exact) mass is 282 g/mol. The van der Waals surface area contributed by atoms with Crippen LogP contribution in [0.1, 0.15) is 0 Å². The first-order chi connectivity index (χ1) is 10.2. The van der Waals surface area contributed by atoms with Crippen LogP contribution in [0.4, 0.5) is 11.5 Å². The van der Waals surface area contributed by atoms with Gasteiger partial charge in [-0.15, -0.1) is 5.10 Å². The Morgan fingerprint density at radius 2 is 1.90 bits per heavy atom. The average molecular weight is 282 g/mol. The van der Waals surface area contributed by atoms with Crippen LogP contribution in [-0.4, -0.2) is 24.9 Å². The number of nitro groups is 1. The minimum absolute atomic E-state index is 0.133. The van der Waals surface area contributed by atoms with Crippen molar-refractivity contribution in [3.8, 4) is 17.1 Å². The topological polar surface area (TPSA) is 113 Å². The molecule has 0 atom stereocenters. The van der Waals surface area contributed by atoms with Gasteiger partial charge in [-0.25, -0.2) is 9.67 Å². The Kier molecular flexibility index (Phi) is 3.03. The van der Waals surface area contributed by atoms with Crippen LogP contribution in [0.3, 0.4) is 0 Å². The number of aromatic nitrogens is 4. The van der Waals surface area contributed by atoms with Crippen molar-refractivity contribution in [2.24, 2.45) is 0 Å². The fraction of sp³-hybridized carbons (Fsp3) is 0. The number of nitrogens with zero attached hydrogens (tertiary/aromatic N) is 5. The Hall–Kier alpha value is -3.29. The Labute approximate surface area is 119 Å². The van der Waals surface area contributed by atoms with Gasteiger partial charge in [0.05, 0.1) is 16.8 Å². The van der Waals surface area contributed by atoms with Gasteiger partial charge < -0.3 is 5.73 Å². The van der Waals surface area contributed by atoms with Crippen LogP contribution in [0.25, 0.3) is 17.1 Å². The summed E-state index contributed by atoms with van der Waals surface area (Å²) in [5.74, 6) is 0.191. The van der Waals surface area contributed by atoms with Gasteiger partial charge in [-0.2, -0.15) is 0 Å². The second-order valence-corrected chi connectivity index (χ2v) is 4.23. The van der Waals surface area contributed by atoms with Gasteiger partial charge in [-0.05, 0) is 18.2 Å². The second-order valence-electron chi connectivity index (χ2n) is 4.23. The number of nitrogen functional groups attached to an aromatic ring is 1. The summed E-state index contributed by atoms with van der Waals surface area (Å²) in [4.78, 5) is 14.7. The molecule has 0 saturated heterocycles. The summed E-state index contributed by atoms with van der Waals surface area (Å²) in [6, 6.07) is 11.9. The first-order valence-electron chi connectivity index (χ1n) is 6.04. The molecule has 0 unspecified atom stereocenters. The highest BCUT2D eigenvalue weighted by Crippen LogP contribution is 2.29. The highest BCUT2D eigenvalue weighted by molar-refractivity contribution is 5.69. The van der Waals surface area contributed by atoms with E-state index in [9.17, 15) is 10.1 Å². The van der Waals surface area contributed by atoms with Crippen molar-refractivity contribution >= 4 is 11.5 Å². The van der Waals surface area contributed by atoms with Crippen LogP contribution in [0.15, 0.2) is 48.7 Å². The zero-order valence-corrected chi connectivity index (χ0v) is 10.7. The summed E-state index contributed by atoms with van der Waals surface area (Å²) in [6.07, 6.45) is 1.42. The summed E-state index contributed by atoms with van der Waals surface area (Å²) >= 11 is 0. The Bertz CT molecular complexity index is 799. The van der Waals surface area contributed by atoms with Crippen molar-refractivity contribution in [2.45, 2.75) is 0 Å². The third kappa shape index (κ3) is 2.29. The number of para-hydroxylation sites is 1. The zero-order chi connectivity index (χ0) is 14.8. The molecular weight excluding hydrogens is 272 g/mol. The van der Waals surface area contributed by atoms with E-state index in [4.69, 9.17) is 5.73 Å². The molecule has 2 heterocycles. The number of anilines is 1. The quantitative estimate of drug-likeness (QED) is 0.579. The molecule has 104 valence electrons. The number of rotatable bonds is 3. The molecule has 0 saturated carbocycles. The molecule has 0 radical (unpaired) electrons. The molecule has 0 spiro atoms. The van der Waals surface area contributed by atoms with Gasteiger partial charge >= 0.3 is 0 Å². The normalized spacial score (nSPS) is 10.5. The minimum atomic E-state index is -0.510. The van der Waals surface area contributed by atoms with Crippen LogP contribution in [0, 0.1) is 10.1 Å². The van der Waals surface area contributed by atoms with E-state index in [1.165, 1.54) is 23.0 Å². The van der Waals surface area contributed by atoms with Gasteiger partial charge in [0.15, 0.2) is 5.69 Å². The van der Waals surface area contributed by atoms with Gasteiger partial charge in [0.2, 0.25) is 0 Å². The van der Waals surface area contributed by atoms with Crippen molar-refractivity contribution in [3.63, 3.8) is 0 Å². The number of pyridine rings is 1. The van der Waals surface area contributed by atoms with Crippen LogP contribution in [0.5, 0.6) is 0 Å². The molecule has 0 amide bonds. The molecule has 0 aliphatic carbocycles. The lowest BCUT2D eigenvalue weighted by Gasteiger charge is -2.06. The van der Waals surface area contributed by atoms with E-state index in [1.54, 1.807) is 0 Å². The molecule has 21 heavy (non-hydrogen) atoms. The molecule has 0 aliphatic heterocycles. The lowest BCUT2D eigenvalue weighted by atomic mass is 10.2. The molecule has 0 bridgehead atoms. The van der Waals surface area contributed by atoms with Gasteiger partial charge in [0, 0.05) is 6.07 Å². The lowest BCUT2D eigenvalue weighted by Crippen LogP contribution is -2.04. The smallest absolute Gasteiger partial charge is 0.297 e. The third-order valence-corrected chi connectivity index (χ3v) is 2.88. The molecule has 2 N–H and O–H groups in total. The first kappa shape index (κ1) is 12.7. The largest absolute Gasteiger partial charge is 0.384 e. The summed E-state index contributed by atoms with van der Waals surface area (Å²) < 4.78 is 1.48. The van der Waals surface area contributed by atoms with Crippen molar-refractivity contribution < 1.29 is 4.92 Å². The zero-order valence-electron chi connectivity index (χ0n) is 10.7. The SMILES string of the molecule is Nc1ccc([N+](=O)[O-])c(-c2cnnn2-c2ccccc2)n1. The van der Waals surface area contributed by atoms with Crippen molar-refractivity contribution in [1.29, 1.82) is 0 Å². The van der Waals surface area contributed by atoms with Crippen molar-refractivity contribution in [3.05, 3.63) is 58.8 Å². The highest BCUT2D eigenvalue weighted by atomic mass is 16.6. The van der Waals surface area contributed by atoms with Crippen LogP contribution < -0.4 is 5.73 Å². The van der Waals surface area contributed by atoms with Crippen molar-refractivity contribution in [1.82, 2.24) is 20.0 Å². The highest BCUT2D eigenvalue weighted by Gasteiger charge is 2.21. The molecule has 0 fully saturated rings. The standard InChI is InChI=1S/C13H10N6O2/c14-12-7-6-10(19(20)21)13(16-12)11-8-15-17-18(11)9-4-2-1-3-5-9/h1-8H,(H2,14,16). The summed E-state index contributed by atoms with van der Waals surface area (Å²) in [7, 11) is 0. The molecule has 8 nitrogen and oxygen atoms in total. The van der Waals surface area contributed by atoms with Crippen LogP contribution in [0.2, 0.25) is 0 Å². The molecule has 8 heteroatoms. The van der Waals surface area contributed by atoms with E-state index >= 15 is 0 Å². The third-order valence-electron chi connectivity index (χ3n) is 2.88. The van der Waals surface area contributed by atoms with E-state index in [-0.39, 0.29) is 17.2 Å². The minimum Gasteiger partial charge on any atom is -0.384 e. The van der Waals surface area contributed by atoms with Crippen molar-refractivity contribution in [2.75, 3.05) is 5.73 Å². The predicted octanol–water partition coefficient (Wildman–Crippen LogP) is 1.82. The summed E-state index contributed by atoms with van der Waals surface area (Å²) in [5, 5.41) is 18.9. The molecule has 2 aromatic heterocycles. The van der Waals surface area contributed by atoms with E-state index < -0.39 is 4.92 Å². The number of nitrogens with two attached hydrogens (primary N) is 1. The van der Waals surface area contributed by atoms with Gasteiger partial charge in [0.25, 0.3) is 5.69 Å². The maximum atomic E-state index is 11.2. The van der Waals surface area contributed by atoms with E-state index in [2.05, 4.69) is 15.3 Å². The van der Waals surface area contributed by atoms with Gasteiger partial charge in [-0.1, -0.05) is 23.4 Å². The van der Waals surface area contributed by atoms with Gasteiger partial charge in [0.1, 0.15) is 11.5 Å². The van der Waals surface area contributed by atoms with Gasteiger partial charge in [-0.3, -0.25) is 10.1 Å². The van der Waals surface area contributed by atoms with E-state index in [0.717, 1.165) is 5.69 Å².